The number of phosphoric acid groups is 4. The van der Waals surface area contributed by atoms with Crippen LogP contribution in [0.1, 0.15) is 38.3 Å². The number of anilines is 1. The van der Waals surface area contributed by atoms with Crippen LogP contribution >= 0.6 is 31.3 Å². The minimum Gasteiger partial charge on any atom is -0.390 e. The molecule has 1 aromatic rings. The summed E-state index contributed by atoms with van der Waals surface area (Å²) in [6.45, 7) is -0.865. The molecule has 1 aromatic heterocycles. The maximum Gasteiger partial charge on any atom is 0.490 e. The van der Waals surface area contributed by atoms with E-state index in [1.807, 2.05) is 0 Å². The number of nitrogen functional groups attached to an aromatic ring is 1. The molecule has 1 fully saturated rings. The van der Waals surface area contributed by atoms with Crippen molar-refractivity contribution in [2.75, 3.05) is 25.5 Å². The maximum absolute atomic E-state index is 12.1. The molecule has 1 saturated heterocycles. The predicted octanol–water partition coefficient (Wildman–Crippen LogP) is 0.478. The van der Waals surface area contributed by atoms with Gasteiger partial charge < -0.3 is 40.9 Å². The second-order valence-corrected chi connectivity index (χ2v) is 14.1. The van der Waals surface area contributed by atoms with Gasteiger partial charge in [-0.1, -0.05) is 12.8 Å². The zero-order chi connectivity index (χ0) is 29.5. The number of nitrogens with zero attached hydrogens (tertiary/aromatic N) is 2. The topological polar surface area (TPSA) is 312 Å². The largest absolute Gasteiger partial charge is 0.490 e. The number of aliphatic hydroxyl groups excluding tert-OH is 1. The van der Waals surface area contributed by atoms with Crippen molar-refractivity contribution in [1.82, 2.24) is 9.55 Å². The van der Waals surface area contributed by atoms with Crippen LogP contribution < -0.4 is 17.2 Å². The smallest absolute Gasteiger partial charge is 0.390 e. The van der Waals surface area contributed by atoms with Crippen LogP contribution in [-0.2, 0) is 45.0 Å². The molecule has 9 N–H and O–H groups in total. The van der Waals surface area contributed by atoms with E-state index in [-0.39, 0.29) is 25.3 Å². The molecule has 7 atom stereocenters. The van der Waals surface area contributed by atoms with Gasteiger partial charge in [-0.2, -0.15) is 17.9 Å². The molecule has 1 aliphatic rings. The van der Waals surface area contributed by atoms with Crippen LogP contribution in [0, 0.1) is 0 Å². The average Bonchev–Trinajstić information content (AvgIpc) is 3.12. The fourth-order valence-corrected chi connectivity index (χ4v) is 8.07. The van der Waals surface area contributed by atoms with Crippen LogP contribution in [-0.4, -0.2) is 66.2 Å². The van der Waals surface area contributed by atoms with E-state index in [0.717, 1.165) is 4.57 Å². The molecule has 226 valence electrons. The molecule has 20 nitrogen and oxygen atoms in total. The molecule has 7 unspecified atom stereocenters. The standard InChI is InChI=1S/C15H30N4O16P4/c16-6-3-1-2-4-8-30-36(22,23)33-38(26,27)35-39(28,29)34-37(24,25)31-10-12-11(20)9-14(32-12)19-7-5-13(17)18-15(19)21/h5,7,11-12,14,20H,1-4,6,8-10,16H2,(H,22,23)(H,24,25)(H,26,27)(H,28,29)(H2,17,18,21). The van der Waals surface area contributed by atoms with E-state index >= 15 is 0 Å². The number of hydrogen-bond acceptors (Lipinski definition) is 15. The first-order chi connectivity index (χ1) is 17.9. The van der Waals surface area contributed by atoms with E-state index in [1.54, 1.807) is 0 Å². The highest BCUT2D eigenvalue weighted by Gasteiger charge is 2.46. The Morgan fingerprint density at radius 3 is 2.10 bits per heavy atom. The normalized spacial score (nSPS) is 25.8. The Bertz CT molecular complexity index is 1210. The number of phosphoric ester groups is 2. The van der Waals surface area contributed by atoms with E-state index in [4.69, 9.17) is 16.2 Å². The summed E-state index contributed by atoms with van der Waals surface area (Å²) >= 11 is 0. The van der Waals surface area contributed by atoms with Gasteiger partial charge in [0.2, 0.25) is 0 Å². The number of hydrogen-bond donors (Lipinski definition) is 7. The summed E-state index contributed by atoms with van der Waals surface area (Å²) in [6, 6.07) is 1.28. The Hall–Kier alpha value is -0.880. The summed E-state index contributed by atoms with van der Waals surface area (Å²) in [5, 5.41) is 10.1. The highest BCUT2D eigenvalue weighted by Crippen LogP contribution is 2.71. The van der Waals surface area contributed by atoms with Crippen molar-refractivity contribution < 1.29 is 69.7 Å². The van der Waals surface area contributed by atoms with Gasteiger partial charge in [0, 0.05) is 12.6 Å². The second kappa shape index (κ2) is 14.3. The van der Waals surface area contributed by atoms with E-state index in [9.17, 15) is 47.7 Å². The number of aromatic nitrogens is 2. The molecule has 0 saturated carbocycles. The number of unbranched alkanes of at least 4 members (excludes halogenated alkanes) is 3. The summed E-state index contributed by atoms with van der Waals surface area (Å²) < 4.78 is 74.6. The summed E-state index contributed by atoms with van der Waals surface area (Å²) in [4.78, 5) is 53.8. The van der Waals surface area contributed by atoms with E-state index < -0.39 is 62.0 Å². The summed E-state index contributed by atoms with van der Waals surface area (Å²) in [6.07, 6.45) is -0.501. The van der Waals surface area contributed by atoms with Gasteiger partial charge in [-0.25, -0.2) is 23.1 Å². The molecule has 0 spiro atoms. The van der Waals surface area contributed by atoms with Crippen LogP contribution in [0.5, 0.6) is 0 Å². The Labute approximate surface area is 221 Å². The Morgan fingerprint density at radius 2 is 1.51 bits per heavy atom. The molecule has 0 aromatic carbocycles. The lowest BCUT2D eigenvalue weighted by Gasteiger charge is -2.21. The molecular weight excluding hydrogens is 616 g/mol. The van der Waals surface area contributed by atoms with Crippen molar-refractivity contribution in [3.05, 3.63) is 22.7 Å². The lowest BCUT2D eigenvalue weighted by Crippen LogP contribution is -2.28. The molecule has 0 amide bonds. The summed E-state index contributed by atoms with van der Waals surface area (Å²) in [5.74, 6) is -0.0649. The number of ether oxygens (including phenoxy) is 1. The quantitative estimate of drug-likeness (QED) is 0.0893. The molecular formula is C15H30N4O16P4. The molecule has 0 bridgehead atoms. The van der Waals surface area contributed by atoms with Crippen molar-refractivity contribution in [3.63, 3.8) is 0 Å². The van der Waals surface area contributed by atoms with Crippen LogP contribution in [0.4, 0.5) is 5.82 Å². The van der Waals surface area contributed by atoms with Gasteiger partial charge in [0.1, 0.15) is 18.1 Å². The number of nitrogens with two attached hydrogens (primary N) is 2. The Morgan fingerprint density at radius 1 is 0.949 bits per heavy atom. The van der Waals surface area contributed by atoms with E-state index in [0.29, 0.717) is 25.8 Å². The van der Waals surface area contributed by atoms with Gasteiger partial charge in [0.05, 0.1) is 19.3 Å². The monoisotopic (exact) mass is 646 g/mol. The zero-order valence-corrected chi connectivity index (χ0v) is 23.7. The maximum atomic E-state index is 12.1. The van der Waals surface area contributed by atoms with Crippen molar-refractivity contribution in [2.24, 2.45) is 5.73 Å². The minimum atomic E-state index is -5.96. The van der Waals surface area contributed by atoms with Crippen LogP contribution in [0.15, 0.2) is 17.1 Å². The summed E-state index contributed by atoms with van der Waals surface area (Å²) in [5.41, 5.74) is 9.91. The number of rotatable bonds is 17. The highest BCUT2D eigenvalue weighted by atomic mass is 31.3. The molecule has 24 heteroatoms. The van der Waals surface area contributed by atoms with Gasteiger partial charge in [0.25, 0.3) is 0 Å². The van der Waals surface area contributed by atoms with Crippen molar-refractivity contribution in [3.8, 4) is 0 Å². The molecule has 0 radical (unpaired) electrons. The molecule has 39 heavy (non-hydrogen) atoms. The number of aliphatic hydroxyl groups is 1. The summed E-state index contributed by atoms with van der Waals surface area (Å²) in [7, 11) is -22.7. The predicted molar refractivity (Wildman–Crippen MR) is 129 cm³/mol. The average molecular weight is 646 g/mol. The van der Waals surface area contributed by atoms with Gasteiger partial charge in [-0.3, -0.25) is 13.6 Å². The lowest BCUT2D eigenvalue weighted by molar-refractivity contribution is -0.0449. The third-order valence-corrected chi connectivity index (χ3v) is 10.7. The fourth-order valence-electron chi connectivity index (χ4n) is 3.10. The minimum absolute atomic E-state index is 0.0649. The first-order valence-electron chi connectivity index (χ1n) is 11.1. The van der Waals surface area contributed by atoms with Gasteiger partial charge in [-0.05, 0) is 25.5 Å². The third-order valence-electron chi connectivity index (χ3n) is 4.74. The van der Waals surface area contributed by atoms with E-state index in [1.165, 1.54) is 12.3 Å². The van der Waals surface area contributed by atoms with Crippen LogP contribution in [0.25, 0.3) is 0 Å². The molecule has 1 aliphatic heterocycles. The first kappa shape index (κ1) is 34.3. The van der Waals surface area contributed by atoms with Crippen molar-refractivity contribution in [2.45, 2.75) is 50.5 Å². The van der Waals surface area contributed by atoms with E-state index in [2.05, 4.69) is 27.0 Å². The SMILES string of the molecule is NCCCCCCOP(=O)(O)OP(=O)(O)OP(=O)(O)OP(=O)(O)OCC1OC(n2ccc(N)nc2=O)CC1O. The molecule has 0 aliphatic carbocycles. The zero-order valence-electron chi connectivity index (χ0n) is 20.1. The van der Waals surface area contributed by atoms with Crippen molar-refractivity contribution >= 4 is 37.1 Å². The van der Waals surface area contributed by atoms with Crippen LogP contribution in [0.2, 0.25) is 0 Å². The van der Waals surface area contributed by atoms with Crippen molar-refractivity contribution in [1.29, 1.82) is 0 Å². The molecule has 2 rings (SSSR count). The lowest BCUT2D eigenvalue weighted by atomic mass is 10.2. The van der Waals surface area contributed by atoms with Crippen LogP contribution in [0.3, 0.4) is 0 Å². The second-order valence-electron chi connectivity index (χ2n) is 7.93. The third kappa shape index (κ3) is 12.3. The fraction of sp³-hybridized carbons (Fsp3) is 0.733. The highest BCUT2D eigenvalue weighted by molar-refractivity contribution is 7.69. The molecule has 2 heterocycles. The Balaban J connectivity index is 1.88. The van der Waals surface area contributed by atoms with Gasteiger partial charge in [-0.15, -0.1) is 0 Å². The van der Waals surface area contributed by atoms with Gasteiger partial charge in [0.15, 0.2) is 0 Å². The Kier molecular flexibility index (Phi) is 12.6. The first-order valence-corrected chi connectivity index (χ1v) is 17.0. The van der Waals surface area contributed by atoms with Gasteiger partial charge >= 0.3 is 37.0 Å².